The Hall–Kier alpha value is -2.06. The molecular formula is C15H18N2O4S2. The number of benzene rings is 1. The van der Waals surface area contributed by atoms with Crippen LogP contribution in [-0.2, 0) is 16.4 Å². The van der Waals surface area contributed by atoms with Gasteiger partial charge >= 0.3 is 0 Å². The third-order valence-electron chi connectivity index (χ3n) is 3.06. The Bertz CT molecular complexity index is 798. The number of hydrogen-bond acceptors (Lipinski definition) is 6. The summed E-state index contributed by atoms with van der Waals surface area (Å²) >= 11 is 1.56. The van der Waals surface area contributed by atoms with Crippen LogP contribution >= 0.6 is 11.3 Å². The number of thiophene rings is 1. The number of sulfonamides is 1. The van der Waals surface area contributed by atoms with Crippen molar-refractivity contribution in [3.05, 3.63) is 40.1 Å². The molecule has 0 saturated heterocycles. The molecule has 0 aliphatic heterocycles. The summed E-state index contributed by atoms with van der Waals surface area (Å²) in [4.78, 5) is 4.25. The highest BCUT2D eigenvalue weighted by Crippen LogP contribution is 2.27. The second kappa shape index (κ2) is 7.47. The molecule has 1 heterocycles. The molecule has 0 aliphatic carbocycles. The average Bonchev–Trinajstić information content (AvgIpc) is 3.02. The molecule has 0 saturated carbocycles. The summed E-state index contributed by atoms with van der Waals surface area (Å²) in [6, 6.07) is 8.43. The highest BCUT2D eigenvalue weighted by atomic mass is 32.2. The van der Waals surface area contributed by atoms with E-state index in [1.54, 1.807) is 17.4 Å². The second-order valence-electron chi connectivity index (χ2n) is 4.53. The van der Waals surface area contributed by atoms with Crippen molar-refractivity contribution in [2.75, 3.05) is 14.2 Å². The second-order valence-corrected chi connectivity index (χ2v) is 7.36. The molecule has 1 aromatic heterocycles. The monoisotopic (exact) mass is 354 g/mol. The Balaban J connectivity index is 2.21. The molecule has 1 aromatic carbocycles. The van der Waals surface area contributed by atoms with Crippen molar-refractivity contribution in [1.82, 2.24) is 4.83 Å². The number of ether oxygens (including phenoxy) is 2. The predicted octanol–water partition coefficient (Wildman–Crippen LogP) is 2.64. The molecule has 0 fully saturated rings. The van der Waals surface area contributed by atoms with Crippen LogP contribution in [-0.4, -0.2) is 28.9 Å². The molecule has 0 amide bonds. The fourth-order valence-corrected chi connectivity index (χ4v) is 3.66. The molecule has 0 unspecified atom stereocenters. The summed E-state index contributed by atoms with van der Waals surface area (Å²) in [5.41, 5.74) is 0. The zero-order chi connectivity index (χ0) is 16.9. The molecule has 0 spiro atoms. The van der Waals surface area contributed by atoms with E-state index in [1.165, 1.54) is 37.4 Å². The summed E-state index contributed by atoms with van der Waals surface area (Å²) in [5, 5.41) is 3.82. The van der Waals surface area contributed by atoms with E-state index in [4.69, 9.17) is 9.47 Å². The number of nitrogens with zero attached hydrogens (tertiary/aromatic N) is 1. The zero-order valence-electron chi connectivity index (χ0n) is 13.1. The largest absolute Gasteiger partial charge is 0.497 e. The molecule has 0 aliphatic rings. The van der Waals surface area contributed by atoms with Gasteiger partial charge in [0.15, 0.2) is 0 Å². The standard InChI is InChI=1S/C15H18N2O4S2/c1-4-12-6-7-13(22-12)10-16-17-23(18,19)15-9-11(20-2)5-8-14(15)21-3/h5-10,17H,4H2,1-3H3/b16-10-. The molecular weight excluding hydrogens is 336 g/mol. The molecule has 23 heavy (non-hydrogen) atoms. The van der Waals surface area contributed by atoms with Crippen molar-refractivity contribution in [3.63, 3.8) is 0 Å². The number of methoxy groups -OCH3 is 2. The van der Waals surface area contributed by atoms with Gasteiger partial charge in [0.05, 0.1) is 20.4 Å². The highest BCUT2D eigenvalue weighted by molar-refractivity contribution is 7.89. The summed E-state index contributed by atoms with van der Waals surface area (Å²) in [6.07, 6.45) is 2.42. The van der Waals surface area contributed by atoms with Gasteiger partial charge in [-0.25, -0.2) is 0 Å². The molecule has 2 rings (SSSR count). The first-order valence-corrected chi connectivity index (χ1v) is 9.15. The Kier molecular flexibility index (Phi) is 5.62. The molecule has 2 aromatic rings. The predicted molar refractivity (Wildman–Crippen MR) is 91.2 cm³/mol. The minimum atomic E-state index is -3.85. The van der Waals surface area contributed by atoms with Gasteiger partial charge in [0, 0.05) is 15.8 Å². The molecule has 8 heteroatoms. The Morgan fingerprint density at radius 1 is 1.22 bits per heavy atom. The maximum absolute atomic E-state index is 12.4. The van der Waals surface area contributed by atoms with E-state index in [0.717, 1.165) is 11.3 Å². The maximum Gasteiger partial charge on any atom is 0.280 e. The van der Waals surface area contributed by atoms with Gasteiger partial charge in [0.2, 0.25) is 0 Å². The maximum atomic E-state index is 12.4. The number of aryl methyl sites for hydroxylation is 1. The summed E-state index contributed by atoms with van der Waals surface area (Å²) < 4.78 is 34.9. The first-order valence-electron chi connectivity index (χ1n) is 6.85. The molecule has 0 atom stereocenters. The highest BCUT2D eigenvalue weighted by Gasteiger charge is 2.19. The quantitative estimate of drug-likeness (QED) is 0.612. The lowest BCUT2D eigenvalue weighted by Crippen LogP contribution is -2.19. The van der Waals surface area contributed by atoms with E-state index in [1.807, 2.05) is 12.1 Å². The van der Waals surface area contributed by atoms with Gasteiger partial charge in [-0.15, -0.1) is 11.3 Å². The average molecular weight is 354 g/mol. The van der Waals surface area contributed by atoms with Gasteiger partial charge < -0.3 is 9.47 Å². The van der Waals surface area contributed by atoms with E-state index in [2.05, 4.69) is 16.9 Å². The minimum Gasteiger partial charge on any atom is -0.497 e. The normalized spacial score (nSPS) is 11.6. The van der Waals surface area contributed by atoms with Gasteiger partial charge in [0.25, 0.3) is 10.0 Å². The van der Waals surface area contributed by atoms with Crippen molar-refractivity contribution in [3.8, 4) is 11.5 Å². The van der Waals surface area contributed by atoms with E-state index in [9.17, 15) is 8.42 Å². The number of hydrogen-bond donors (Lipinski definition) is 1. The van der Waals surface area contributed by atoms with Crippen LogP contribution in [0.25, 0.3) is 0 Å². The van der Waals surface area contributed by atoms with Crippen LogP contribution in [0, 0.1) is 0 Å². The molecule has 6 nitrogen and oxygen atoms in total. The molecule has 0 radical (unpaired) electrons. The van der Waals surface area contributed by atoms with Crippen LogP contribution in [0.4, 0.5) is 0 Å². The molecule has 1 N–H and O–H groups in total. The Morgan fingerprint density at radius 3 is 2.61 bits per heavy atom. The van der Waals surface area contributed by atoms with Crippen LogP contribution in [0.3, 0.4) is 0 Å². The van der Waals surface area contributed by atoms with E-state index in [0.29, 0.717) is 5.75 Å². The van der Waals surface area contributed by atoms with Crippen molar-refractivity contribution < 1.29 is 17.9 Å². The van der Waals surface area contributed by atoms with Crippen molar-refractivity contribution in [1.29, 1.82) is 0 Å². The fraction of sp³-hybridized carbons (Fsp3) is 0.267. The van der Waals surface area contributed by atoms with Gasteiger partial charge in [-0.05, 0) is 30.7 Å². The van der Waals surface area contributed by atoms with Crippen LogP contribution in [0.15, 0.2) is 40.3 Å². The smallest absolute Gasteiger partial charge is 0.280 e. The molecule has 124 valence electrons. The Labute approximate surface area is 139 Å². The zero-order valence-corrected chi connectivity index (χ0v) is 14.7. The van der Waals surface area contributed by atoms with Crippen molar-refractivity contribution in [2.24, 2.45) is 5.10 Å². The fourth-order valence-electron chi connectivity index (χ4n) is 1.86. The van der Waals surface area contributed by atoms with Gasteiger partial charge in [0.1, 0.15) is 16.4 Å². The Morgan fingerprint density at radius 2 is 2.00 bits per heavy atom. The van der Waals surface area contributed by atoms with Gasteiger partial charge in [-0.1, -0.05) is 6.92 Å². The first-order chi connectivity index (χ1) is 11.0. The van der Waals surface area contributed by atoms with Crippen LogP contribution in [0.2, 0.25) is 0 Å². The number of nitrogens with one attached hydrogen (secondary N) is 1. The minimum absolute atomic E-state index is 0.0306. The number of rotatable bonds is 7. The third kappa shape index (κ3) is 4.23. The topological polar surface area (TPSA) is 77.0 Å². The van der Waals surface area contributed by atoms with E-state index >= 15 is 0 Å². The van der Waals surface area contributed by atoms with Crippen LogP contribution < -0.4 is 14.3 Å². The SMILES string of the molecule is CCc1ccc(/C=N\NS(=O)(=O)c2cc(OC)ccc2OC)s1. The lowest BCUT2D eigenvalue weighted by Gasteiger charge is -2.10. The van der Waals surface area contributed by atoms with Gasteiger partial charge in [-0.2, -0.15) is 18.4 Å². The van der Waals surface area contributed by atoms with E-state index < -0.39 is 10.0 Å². The van der Waals surface area contributed by atoms with Crippen LogP contribution in [0.1, 0.15) is 16.7 Å². The number of hydrazone groups is 1. The summed E-state index contributed by atoms with van der Waals surface area (Å²) in [5.74, 6) is 0.638. The van der Waals surface area contributed by atoms with Crippen molar-refractivity contribution >= 4 is 27.6 Å². The van der Waals surface area contributed by atoms with Crippen molar-refractivity contribution in [2.45, 2.75) is 18.2 Å². The van der Waals surface area contributed by atoms with Gasteiger partial charge in [-0.3, -0.25) is 0 Å². The lowest BCUT2D eigenvalue weighted by atomic mass is 10.3. The first kappa shape index (κ1) is 17.3. The van der Waals surface area contributed by atoms with Crippen LogP contribution in [0.5, 0.6) is 11.5 Å². The summed E-state index contributed by atoms with van der Waals surface area (Å²) in [6.45, 7) is 2.06. The van der Waals surface area contributed by atoms with E-state index in [-0.39, 0.29) is 10.6 Å². The summed E-state index contributed by atoms with van der Waals surface area (Å²) in [7, 11) is -0.984. The lowest BCUT2D eigenvalue weighted by molar-refractivity contribution is 0.392. The third-order valence-corrected chi connectivity index (χ3v) is 5.46. The molecule has 0 bridgehead atoms.